The molecule has 0 saturated carbocycles. The Labute approximate surface area is 138 Å². The fourth-order valence-electron chi connectivity index (χ4n) is 2.33. The SMILES string of the molecule is CCCCCOc1ccc(C(=O)N(C)Cc2ccc(C)o2)cc1. The third kappa shape index (κ3) is 5.16. The van der Waals surface area contributed by atoms with E-state index in [1.54, 1.807) is 24.1 Å². The lowest BCUT2D eigenvalue weighted by Crippen LogP contribution is -2.25. The summed E-state index contributed by atoms with van der Waals surface area (Å²) in [6.45, 7) is 5.24. The van der Waals surface area contributed by atoms with Gasteiger partial charge < -0.3 is 14.1 Å². The molecule has 0 aliphatic rings. The highest BCUT2D eigenvalue weighted by atomic mass is 16.5. The quantitative estimate of drug-likeness (QED) is 0.677. The Bertz CT molecular complexity index is 616. The van der Waals surface area contributed by atoms with Crippen LogP contribution in [0.15, 0.2) is 40.8 Å². The zero-order valence-corrected chi connectivity index (χ0v) is 14.2. The van der Waals surface area contributed by atoms with Crippen LogP contribution in [0.1, 0.15) is 48.1 Å². The number of hydrogen-bond acceptors (Lipinski definition) is 3. The minimum Gasteiger partial charge on any atom is -0.494 e. The van der Waals surface area contributed by atoms with Crippen LogP contribution in [0.2, 0.25) is 0 Å². The first kappa shape index (κ1) is 17.1. The number of hydrogen-bond donors (Lipinski definition) is 0. The predicted octanol–water partition coefficient (Wildman–Crippen LogP) is 4.43. The number of rotatable bonds is 8. The highest BCUT2D eigenvalue weighted by molar-refractivity contribution is 5.94. The molecule has 23 heavy (non-hydrogen) atoms. The van der Waals surface area contributed by atoms with E-state index >= 15 is 0 Å². The lowest BCUT2D eigenvalue weighted by atomic mass is 10.2. The van der Waals surface area contributed by atoms with E-state index in [9.17, 15) is 4.79 Å². The Hall–Kier alpha value is -2.23. The van der Waals surface area contributed by atoms with E-state index in [2.05, 4.69) is 6.92 Å². The van der Waals surface area contributed by atoms with Crippen LogP contribution in [-0.2, 0) is 6.54 Å². The Morgan fingerprint density at radius 2 is 1.87 bits per heavy atom. The van der Waals surface area contributed by atoms with Crippen LogP contribution >= 0.6 is 0 Å². The molecule has 0 unspecified atom stereocenters. The third-order valence-electron chi connectivity index (χ3n) is 3.65. The van der Waals surface area contributed by atoms with Gasteiger partial charge in [-0.15, -0.1) is 0 Å². The van der Waals surface area contributed by atoms with Gasteiger partial charge in [0.05, 0.1) is 13.2 Å². The molecule has 1 aromatic heterocycles. The number of carbonyl (C=O) groups is 1. The second kappa shape index (κ2) is 8.42. The summed E-state index contributed by atoms with van der Waals surface area (Å²) >= 11 is 0. The van der Waals surface area contributed by atoms with Crippen LogP contribution in [0.4, 0.5) is 0 Å². The molecule has 4 nitrogen and oxygen atoms in total. The molecule has 0 saturated heterocycles. The van der Waals surface area contributed by atoms with Crippen LogP contribution in [0.3, 0.4) is 0 Å². The van der Waals surface area contributed by atoms with E-state index in [0.29, 0.717) is 12.1 Å². The molecule has 0 fully saturated rings. The molecule has 0 aliphatic heterocycles. The topological polar surface area (TPSA) is 42.7 Å². The van der Waals surface area contributed by atoms with Gasteiger partial charge in [0, 0.05) is 12.6 Å². The monoisotopic (exact) mass is 315 g/mol. The molecule has 1 heterocycles. The molecule has 2 rings (SSSR count). The van der Waals surface area contributed by atoms with Crippen molar-refractivity contribution in [3.63, 3.8) is 0 Å². The van der Waals surface area contributed by atoms with Crippen molar-refractivity contribution in [1.29, 1.82) is 0 Å². The van der Waals surface area contributed by atoms with Crippen molar-refractivity contribution in [3.05, 3.63) is 53.5 Å². The second-order valence-electron chi connectivity index (χ2n) is 5.75. The molecule has 0 bridgehead atoms. The summed E-state index contributed by atoms with van der Waals surface area (Å²) in [5, 5.41) is 0. The zero-order valence-electron chi connectivity index (χ0n) is 14.2. The van der Waals surface area contributed by atoms with Gasteiger partial charge in [0.25, 0.3) is 5.91 Å². The first-order valence-electron chi connectivity index (χ1n) is 8.13. The van der Waals surface area contributed by atoms with Crippen molar-refractivity contribution < 1.29 is 13.9 Å². The number of amides is 1. The number of ether oxygens (including phenoxy) is 1. The molecule has 0 N–H and O–H groups in total. The second-order valence-corrected chi connectivity index (χ2v) is 5.75. The summed E-state index contributed by atoms with van der Waals surface area (Å²) < 4.78 is 11.2. The van der Waals surface area contributed by atoms with Crippen molar-refractivity contribution in [2.45, 2.75) is 39.7 Å². The molecule has 0 radical (unpaired) electrons. The normalized spacial score (nSPS) is 10.6. The molecule has 2 aromatic rings. The summed E-state index contributed by atoms with van der Waals surface area (Å²) in [4.78, 5) is 14.1. The van der Waals surface area contributed by atoms with Crippen molar-refractivity contribution in [1.82, 2.24) is 4.90 Å². The molecule has 1 amide bonds. The van der Waals surface area contributed by atoms with Gasteiger partial charge in [-0.3, -0.25) is 4.79 Å². The highest BCUT2D eigenvalue weighted by Gasteiger charge is 2.13. The number of nitrogens with zero attached hydrogens (tertiary/aromatic N) is 1. The molecule has 4 heteroatoms. The lowest BCUT2D eigenvalue weighted by molar-refractivity contribution is 0.0775. The summed E-state index contributed by atoms with van der Waals surface area (Å²) in [7, 11) is 1.77. The standard InChI is InChI=1S/C19H25NO3/c1-4-5-6-13-22-17-11-8-16(9-12-17)19(21)20(3)14-18-10-7-15(2)23-18/h7-12H,4-6,13-14H2,1-3H3. The minimum atomic E-state index is -0.0309. The van der Waals surface area contributed by atoms with Crippen LogP contribution in [0.25, 0.3) is 0 Å². The first-order valence-corrected chi connectivity index (χ1v) is 8.13. The smallest absolute Gasteiger partial charge is 0.254 e. The van der Waals surface area contributed by atoms with Crippen LogP contribution in [0, 0.1) is 6.92 Å². The fraction of sp³-hybridized carbons (Fsp3) is 0.421. The lowest BCUT2D eigenvalue weighted by Gasteiger charge is -2.16. The van der Waals surface area contributed by atoms with Crippen LogP contribution < -0.4 is 4.74 Å². The minimum absolute atomic E-state index is 0.0309. The predicted molar refractivity (Wildman–Crippen MR) is 90.7 cm³/mol. The molecular weight excluding hydrogens is 290 g/mol. The highest BCUT2D eigenvalue weighted by Crippen LogP contribution is 2.16. The maximum Gasteiger partial charge on any atom is 0.254 e. The summed E-state index contributed by atoms with van der Waals surface area (Å²) in [6.07, 6.45) is 3.41. The Morgan fingerprint density at radius 3 is 2.48 bits per heavy atom. The van der Waals surface area contributed by atoms with Crippen molar-refractivity contribution in [2.24, 2.45) is 0 Å². The number of benzene rings is 1. The molecule has 0 atom stereocenters. The van der Waals surface area contributed by atoms with E-state index in [4.69, 9.17) is 9.15 Å². The zero-order chi connectivity index (χ0) is 16.7. The third-order valence-corrected chi connectivity index (χ3v) is 3.65. The van der Waals surface area contributed by atoms with Gasteiger partial charge >= 0.3 is 0 Å². The molecule has 0 aliphatic carbocycles. The molecule has 1 aromatic carbocycles. The van der Waals surface area contributed by atoms with Gasteiger partial charge in [-0.2, -0.15) is 0 Å². The van der Waals surface area contributed by atoms with Gasteiger partial charge in [0.1, 0.15) is 17.3 Å². The van der Waals surface area contributed by atoms with Gasteiger partial charge in [0.15, 0.2) is 0 Å². The van der Waals surface area contributed by atoms with E-state index in [-0.39, 0.29) is 5.91 Å². The largest absolute Gasteiger partial charge is 0.494 e. The fourth-order valence-corrected chi connectivity index (χ4v) is 2.33. The Kier molecular flexibility index (Phi) is 6.27. The maximum atomic E-state index is 12.4. The van der Waals surface area contributed by atoms with Crippen molar-refractivity contribution in [3.8, 4) is 5.75 Å². The van der Waals surface area contributed by atoms with Gasteiger partial charge in [-0.05, 0) is 49.7 Å². The van der Waals surface area contributed by atoms with Crippen molar-refractivity contribution >= 4 is 5.91 Å². The molecular formula is C19H25NO3. The average Bonchev–Trinajstić information content (AvgIpc) is 2.96. The van der Waals surface area contributed by atoms with E-state index < -0.39 is 0 Å². The number of carbonyl (C=O) groups excluding carboxylic acids is 1. The van der Waals surface area contributed by atoms with E-state index in [1.165, 1.54) is 12.8 Å². The van der Waals surface area contributed by atoms with Gasteiger partial charge in [-0.1, -0.05) is 19.8 Å². The maximum absolute atomic E-state index is 12.4. The van der Waals surface area contributed by atoms with Gasteiger partial charge in [0.2, 0.25) is 0 Å². The van der Waals surface area contributed by atoms with Crippen LogP contribution in [0.5, 0.6) is 5.75 Å². The summed E-state index contributed by atoms with van der Waals surface area (Å²) in [5.41, 5.74) is 0.650. The summed E-state index contributed by atoms with van der Waals surface area (Å²) in [6, 6.07) is 11.1. The average molecular weight is 315 g/mol. The van der Waals surface area contributed by atoms with E-state index in [0.717, 1.165) is 30.3 Å². The number of unbranched alkanes of at least 4 members (excludes halogenated alkanes) is 2. The number of furan rings is 1. The number of aryl methyl sites for hydroxylation is 1. The van der Waals surface area contributed by atoms with Crippen molar-refractivity contribution in [2.75, 3.05) is 13.7 Å². The molecule has 0 spiro atoms. The molecule has 124 valence electrons. The first-order chi connectivity index (χ1) is 11.1. The summed E-state index contributed by atoms with van der Waals surface area (Å²) in [5.74, 6) is 2.42. The van der Waals surface area contributed by atoms with Gasteiger partial charge in [-0.25, -0.2) is 0 Å². The Balaban J connectivity index is 1.88. The Morgan fingerprint density at radius 1 is 1.13 bits per heavy atom. The van der Waals surface area contributed by atoms with Crippen LogP contribution in [-0.4, -0.2) is 24.5 Å². The van der Waals surface area contributed by atoms with E-state index in [1.807, 2.05) is 31.2 Å².